The van der Waals surface area contributed by atoms with Crippen molar-refractivity contribution in [3.63, 3.8) is 0 Å². The Balaban J connectivity index is 2.34. The van der Waals surface area contributed by atoms with Crippen molar-refractivity contribution in [1.82, 2.24) is 0 Å². The van der Waals surface area contributed by atoms with Gasteiger partial charge < -0.3 is 10.2 Å². The van der Waals surface area contributed by atoms with E-state index in [1.165, 1.54) is 13.0 Å². The molecule has 1 aliphatic carbocycles. The predicted octanol–water partition coefficient (Wildman–Crippen LogP) is 2.14. The average molecular weight is 288 g/mol. The second-order valence-electron chi connectivity index (χ2n) is 4.42. The Hall–Kier alpha value is -2.47. The van der Waals surface area contributed by atoms with Crippen molar-refractivity contribution in [2.75, 3.05) is 0 Å². The number of rotatable bonds is 1. The molecule has 100 valence electrons. The van der Waals surface area contributed by atoms with Crippen molar-refractivity contribution >= 4 is 28.7 Å². The van der Waals surface area contributed by atoms with Gasteiger partial charge in [-0.3, -0.25) is 14.4 Å². The number of aromatic hydroxyl groups is 2. The van der Waals surface area contributed by atoms with E-state index in [1.54, 1.807) is 0 Å². The molecule has 0 atom stereocenters. The minimum absolute atomic E-state index is 0.0959. The van der Waals surface area contributed by atoms with Crippen molar-refractivity contribution in [2.45, 2.75) is 6.92 Å². The van der Waals surface area contributed by atoms with Crippen LogP contribution in [0.5, 0.6) is 11.5 Å². The average Bonchev–Trinajstić information content (AvgIpc) is 2.84. The van der Waals surface area contributed by atoms with Gasteiger partial charge in [0.15, 0.2) is 11.6 Å². The first-order chi connectivity index (χ1) is 9.41. The number of fused-ring (bicyclic) bond motifs is 2. The number of phenols is 2. The van der Waals surface area contributed by atoms with Crippen LogP contribution in [0.2, 0.25) is 0 Å². The molecule has 0 unspecified atom stereocenters. The first kappa shape index (κ1) is 12.6. The number of hydrogen-bond donors (Lipinski definition) is 2. The van der Waals surface area contributed by atoms with Gasteiger partial charge in [-0.15, -0.1) is 11.3 Å². The van der Waals surface area contributed by atoms with Crippen LogP contribution in [0.15, 0.2) is 18.2 Å². The molecule has 1 aromatic heterocycles. The summed E-state index contributed by atoms with van der Waals surface area (Å²) in [5.74, 6) is -2.09. The third-order valence-corrected chi connectivity index (χ3v) is 4.38. The molecule has 1 aliphatic rings. The number of phenolic OH excluding ortho intramolecular Hbond substituents is 2. The molecule has 2 N–H and O–H groups in total. The lowest BCUT2D eigenvalue weighted by Gasteiger charge is -2.16. The fraction of sp³-hybridized carbons (Fsp3) is 0.0714. The van der Waals surface area contributed by atoms with Gasteiger partial charge in [-0.25, -0.2) is 0 Å². The number of thiophene rings is 1. The van der Waals surface area contributed by atoms with Crippen LogP contribution < -0.4 is 0 Å². The summed E-state index contributed by atoms with van der Waals surface area (Å²) < 4.78 is 0. The summed E-state index contributed by atoms with van der Waals surface area (Å²) in [5, 5.41) is 19.5. The van der Waals surface area contributed by atoms with Gasteiger partial charge in [-0.1, -0.05) is 0 Å². The molecule has 1 aromatic carbocycles. The van der Waals surface area contributed by atoms with E-state index in [1.807, 2.05) is 0 Å². The van der Waals surface area contributed by atoms with Gasteiger partial charge in [0.25, 0.3) is 0 Å². The summed E-state index contributed by atoms with van der Waals surface area (Å²) in [6, 6.07) is 3.67. The number of Topliss-reactive ketones (excluding diaryl/α,β-unsaturated/α-hetero) is 1. The highest BCUT2D eigenvalue weighted by Gasteiger charge is 2.36. The predicted molar refractivity (Wildman–Crippen MR) is 71.0 cm³/mol. The van der Waals surface area contributed by atoms with E-state index in [0.29, 0.717) is 4.88 Å². The molecule has 0 bridgehead atoms. The standard InChI is InChI=1S/C14H8O5S/c1-5(15)9-4-6-12(18)10-7(16)2-3-8(17)11(10)13(19)14(6)20-9/h2-4,16-17H,1H3. The van der Waals surface area contributed by atoms with Gasteiger partial charge in [-0.05, 0) is 25.1 Å². The molecule has 0 fully saturated rings. The first-order valence-corrected chi connectivity index (χ1v) is 6.52. The molecule has 0 saturated carbocycles. The Morgan fingerprint density at radius 2 is 1.60 bits per heavy atom. The van der Waals surface area contributed by atoms with Crippen LogP contribution in [0, 0.1) is 0 Å². The van der Waals surface area contributed by atoms with Crippen LogP contribution >= 0.6 is 11.3 Å². The molecule has 5 nitrogen and oxygen atoms in total. The van der Waals surface area contributed by atoms with Crippen LogP contribution in [0.3, 0.4) is 0 Å². The number of benzene rings is 1. The molecule has 3 rings (SSSR count). The lowest BCUT2D eigenvalue weighted by molar-refractivity contribution is 0.0977. The van der Waals surface area contributed by atoms with E-state index in [2.05, 4.69) is 0 Å². The van der Waals surface area contributed by atoms with Crippen molar-refractivity contribution in [3.05, 3.63) is 44.6 Å². The van der Waals surface area contributed by atoms with Gasteiger partial charge in [0.05, 0.1) is 20.9 Å². The van der Waals surface area contributed by atoms with Crippen LogP contribution in [0.25, 0.3) is 0 Å². The van der Waals surface area contributed by atoms with Gasteiger partial charge in [0, 0.05) is 5.56 Å². The molecule has 0 spiro atoms. The number of carbonyl (C=O) groups is 3. The van der Waals surface area contributed by atoms with Crippen LogP contribution in [-0.4, -0.2) is 27.6 Å². The van der Waals surface area contributed by atoms with Gasteiger partial charge >= 0.3 is 0 Å². The summed E-state index contributed by atoms with van der Waals surface area (Å²) in [7, 11) is 0. The highest BCUT2D eigenvalue weighted by atomic mass is 32.1. The number of ketones is 3. The van der Waals surface area contributed by atoms with Crippen molar-refractivity contribution in [2.24, 2.45) is 0 Å². The third kappa shape index (κ3) is 1.51. The maximum absolute atomic E-state index is 12.3. The van der Waals surface area contributed by atoms with Gasteiger partial charge in [0.1, 0.15) is 11.5 Å². The van der Waals surface area contributed by atoms with Crippen molar-refractivity contribution < 1.29 is 24.6 Å². The van der Waals surface area contributed by atoms with E-state index < -0.39 is 11.6 Å². The molecule has 6 heteroatoms. The van der Waals surface area contributed by atoms with Crippen LogP contribution in [0.1, 0.15) is 47.8 Å². The number of carbonyl (C=O) groups excluding carboxylic acids is 3. The third-order valence-electron chi connectivity index (χ3n) is 3.15. The van der Waals surface area contributed by atoms with Crippen LogP contribution in [-0.2, 0) is 0 Å². The Labute approximate surface area is 117 Å². The Bertz CT molecular complexity index is 742. The SMILES string of the molecule is CC(=O)c1cc2c(s1)C(=O)c1c(O)ccc(O)c1C2=O. The summed E-state index contributed by atoms with van der Waals surface area (Å²) in [4.78, 5) is 36.5. The van der Waals surface area contributed by atoms with Gasteiger partial charge in [-0.2, -0.15) is 0 Å². The summed E-state index contributed by atoms with van der Waals surface area (Å²) in [6.07, 6.45) is 0. The fourth-order valence-electron chi connectivity index (χ4n) is 2.19. The molecular weight excluding hydrogens is 280 g/mol. The summed E-state index contributed by atoms with van der Waals surface area (Å²) >= 11 is 0.921. The van der Waals surface area contributed by atoms with Gasteiger partial charge in [0.2, 0.25) is 5.78 Å². The Morgan fingerprint density at radius 1 is 1.05 bits per heavy atom. The topological polar surface area (TPSA) is 91.7 Å². The second-order valence-corrected chi connectivity index (χ2v) is 5.47. The van der Waals surface area contributed by atoms with E-state index in [-0.39, 0.29) is 38.8 Å². The zero-order valence-corrected chi connectivity index (χ0v) is 11.1. The zero-order chi connectivity index (χ0) is 14.6. The molecule has 2 aromatic rings. The maximum atomic E-state index is 12.3. The van der Waals surface area contributed by atoms with E-state index >= 15 is 0 Å². The summed E-state index contributed by atoms with van der Waals surface area (Å²) in [5.41, 5.74) is -0.326. The maximum Gasteiger partial charge on any atom is 0.208 e. The van der Waals surface area contributed by atoms with Crippen molar-refractivity contribution in [1.29, 1.82) is 0 Å². The minimum Gasteiger partial charge on any atom is -0.507 e. The highest BCUT2D eigenvalue weighted by Crippen LogP contribution is 2.40. The van der Waals surface area contributed by atoms with E-state index in [0.717, 1.165) is 23.5 Å². The highest BCUT2D eigenvalue weighted by molar-refractivity contribution is 7.16. The van der Waals surface area contributed by atoms with E-state index in [4.69, 9.17) is 0 Å². The smallest absolute Gasteiger partial charge is 0.208 e. The zero-order valence-electron chi connectivity index (χ0n) is 10.3. The largest absolute Gasteiger partial charge is 0.507 e. The molecule has 0 saturated heterocycles. The molecule has 0 amide bonds. The summed E-state index contributed by atoms with van der Waals surface area (Å²) in [6.45, 7) is 1.34. The van der Waals surface area contributed by atoms with Crippen molar-refractivity contribution in [3.8, 4) is 11.5 Å². The molecule has 0 radical (unpaired) electrons. The second kappa shape index (κ2) is 4.01. The fourth-order valence-corrected chi connectivity index (χ4v) is 3.19. The molecule has 1 heterocycles. The normalized spacial score (nSPS) is 13.1. The Kier molecular flexibility index (Phi) is 2.52. The Morgan fingerprint density at radius 3 is 2.15 bits per heavy atom. The van der Waals surface area contributed by atoms with E-state index in [9.17, 15) is 24.6 Å². The minimum atomic E-state index is -0.563. The molecule has 0 aliphatic heterocycles. The lowest BCUT2D eigenvalue weighted by atomic mass is 9.87. The monoisotopic (exact) mass is 288 g/mol. The quantitative estimate of drug-likeness (QED) is 0.528. The molecular formula is C14H8O5S. The lowest BCUT2D eigenvalue weighted by Crippen LogP contribution is -2.18. The first-order valence-electron chi connectivity index (χ1n) is 5.71. The van der Waals surface area contributed by atoms with Crippen LogP contribution in [0.4, 0.5) is 0 Å². The number of hydrogen-bond acceptors (Lipinski definition) is 6. The molecule has 20 heavy (non-hydrogen) atoms.